The minimum Gasteiger partial charge on any atom is -0.474 e. The van der Waals surface area contributed by atoms with E-state index in [-0.39, 0.29) is 67.6 Å². The summed E-state index contributed by atoms with van der Waals surface area (Å²) in [5, 5.41) is 2.20. The third-order valence-corrected chi connectivity index (χ3v) is 12.1. The molecule has 54 heavy (non-hydrogen) atoms. The second kappa shape index (κ2) is 13.3. The van der Waals surface area contributed by atoms with Crippen molar-refractivity contribution in [3.8, 4) is 5.88 Å². The van der Waals surface area contributed by atoms with Crippen LogP contribution in [0.25, 0.3) is 0 Å². The summed E-state index contributed by atoms with van der Waals surface area (Å²) >= 11 is 0. The highest BCUT2D eigenvalue weighted by Gasteiger charge is 2.54. The molecule has 13 nitrogen and oxygen atoms in total. The number of aromatic nitrogens is 1. The summed E-state index contributed by atoms with van der Waals surface area (Å²) in [5.41, 5.74) is 1.11. The summed E-state index contributed by atoms with van der Waals surface area (Å²) < 4.78 is 53.8. The second-order valence-corrected chi connectivity index (χ2v) is 16.9. The van der Waals surface area contributed by atoms with Gasteiger partial charge in [0.1, 0.15) is 12.1 Å². The Hall–Kier alpha value is -3.99. The Kier molecular flexibility index (Phi) is 9.14. The van der Waals surface area contributed by atoms with Crippen LogP contribution in [0.5, 0.6) is 5.88 Å². The smallest absolute Gasteiger partial charge is 0.474 e. The molecule has 1 spiro atoms. The first-order valence-corrected chi connectivity index (χ1v) is 18.8. The average molecular weight is 750 g/mol. The number of rotatable bonds is 12. The number of benzene rings is 1. The Balaban J connectivity index is 0.715. The molecule has 1 unspecified atom stereocenters. The number of nitrogens with one attached hydrogen (secondary N) is 1. The highest BCUT2D eigenvalue weighted by Crippen LogP contribution is 2.44. The third-order valence-electron chi connectivity index (χ3n) is 12.1. The molecule has 1 saturated carbocycles. The van der Waals surface area contributed by atoms with Crippen LogP contribution in [0.3, 0.4) is 0 Å². The quantitative estimate of drug-likeness (QED) is 0.195. The molecule has 16 heteroatoms. The minimum atomic E-state index is -2.82. The summed E-state index contributed by atoms with van der Waals surface area (Å²) in [4.78, 5) is 59.3. The van der Waals surface area contributed by atoms with Crippen molar-refractivity contribution >= 4 is 41.9 Å². The fourth-order valence-corrected chi connectivity index (χ4v) is 8.30. The summed E-state index contributed by atoms with van der Waals surface area (Å²) in [5.74, 6) is -4.48. The molecule has 5 aliphatic heterocycles. The lowest BCUT2D eigenvalue weighted by Crippen LogP contribution is -2.73. The van der Waals surface area contributed by atoms with Gasteiger partial charge in [0.15, 0.2) is 0 Å². The Morgan fingerprint density at radius 2 is 1.65 bits per heavy atom. The van der Waals surface area contributed by atoms with Gasteiger partial charge in [-0.25, -0.2) is 13.8 Å². The summed E-state index contributed by atoms with van der Waals surface area (Å²) in [6.07, 6.45) is 3.21. The molecule has 1 atom stereocenters. The summed E-state index contributed by atoms with van der Waals surface area (Å²) in [6, 6.07) is 7.71. The van der Waals surface area contributed by atoms with Gasteiger partial charge in [-0.1, -0.05) is 6.07 Å². The molecule has 1 N–H and O–H groups in total. The molecule has 1 aliphatic carbocycles. The van der Waals surface area contributed by atoms with Gasteiger partial charge in [0, 0.05) is 81.2 Å². The van der Waals surface area contributed by atoms with Crippen molar-refractivity contribution in [3.05, 3.63) is 47.7 Å². The highest BCUT2D eigenvalue weighted by molar-refractivity contribution is 6.62. The van der Waals surface area contributed by atoms with Crippen LogP contribution < -0.4 is 20.4 Å². The van der Waals surface area contributed by atoms with Gasteiger partial charge in [-0.15, -0.1) is 0 Å². The standard InChI is InChI=1S/C38H46BF2N5O8/c1-35(2)36(3,4)54-39(53-35)23-6-11-31(42-17-23)52-26-15-25(16-26)51-13-5-12-38(40,41)22-44-18-37(19-44)20-45(21-37)24-7-8-27-28(14-24)34(50)46(33(27)49)29-9-10-30(47)43-32(29)48/h6-8,11,14,17,25-26,29H,5,9-10,12-13,15-16,18-22H2,1-4H3,(H,43,47,48). The molecule has 1 aromatic carbocycles. The first-order chi connectivity index (χ1) is 25.5. The summed E-state index contributed by atoms with van der Waals surface area (Å²) in [7, 11) is -0.487. The monoisotopic (exact) mass is 749 g/mol. The number of nitrogens with zero attached hydrogens (tertiary/aromatic N) is 4. The van der Waals surface area contributed by atoms with E-state index in [2.05, 4.69) is 15.2 Å². The number of carbonyl (C=O) groups is 4. The zero-order valence-electron chi connectivity index (χ0n) is 31.1. The molecule has 288 valence electrons. The first-order valence-electron chi connectivity index (χ1n) is 18.8. The molecule has 8 rings (SSSR count). The van der Waals surface area contributed by atoms with Gasteiger partial charge < -0.3 is 23.7 Å². The maximum Gasteiger partial charge on any atom is 0.496 e. The van der Waals surface area contributed by atoms with Crippen molar-refractivity contribution in [3.63, 3.8) is 0 Å². The number of halogens is 2. The van der Waals surface area contributed by atoms with Crippen LogP contribution in [0.1, 0.15) is 86.9 Å². The molecule has 6 aliphatic rings. The predicted octanol–water partition coefficient (Wildman–Crippen LogP) is 2.95. The maximum absolute atomic E-state index is 14.9. The van der Waals surface area contributed by atoms with Crippen molar-refractivity contribution in [1.82, 2.24) is 20.1 Å². The molecule has 5 fully saturated rings. The van der Waals surface area contributed by atoms with E-state index in [1.807, 2.05) is 33.8 Å². The first kappa shape index (κ1) is 37.0. The fourth-order valence-electron chi connectivity index (χ4n) is 8.30. The Labute approximate surface area is 313 Å². The van der Waals surface area contributed by atoms with Gasteiger partial charge in [0.05, 0.1) is 35.0 Å². The van der Waals surface area contributed by atoms with E-state index in [0.717, 1.165) is 16.1 Å². The van der Waals surface area contributed by atoms with Gasteiger partial charge in [-0.3, -0.25) is 34.3 Å². The molecule has 0 bridgehead atoms. The molecular weight excluding hydrogens is 703 g/mol. The number of anilines is 1. The summed E-state index contributed by atoms with van der Waals surface area (Å²) in [6.45, 7) is 10.5. The number of amides is 4. The molecule has 6 heterocycles. The Bertz CT molecular complexity index is 1820. The number of hydrogen-bond acceptors (Lipinski definition) is 11. The van der Waals surface area contributed by atoms with Crippen LogP contribution >= 0.6 is 0 Å². The zero-order valence-corrected chi connectivity index (χ0v) is 31.1. The number of hydrogen-bond donors (Lipinski definition) is 1. The topological polar surface area (TPSA) is 140 Å². The SMILES string of the molecule is CC1(C)OB(c2ccc(OC3CC(OCCCC(F)(F)CN4CC5(C4)CN(c4ccc6c(c4)C(=O)N(C4CCC(=O)NC4=O)C6=O)C5)C3)nc2)OC1(C)C. The van der Waals surface area contributed by atoms with E-state index in [1.54, 1.807) is 35.4 Å². The van der Waals surface area contributed by atoms with Crippen molar-refractivity contribution < 1.29 is 46.7 Å². The van der Waals surface area contributed by atoms with E-state index in [1.165, 1.54) is 0 Å². The lowest BCUT2D eigenvalue weighted by molar-refractivity contribution is -0.136. The number of pyridine rings is 1. The van der Waals surface area contributed by atoms with E-state index >= 15 is 0 Å². The molecule has 2 aromatic rings. The van der Waals surface area contributed by atoms with Gasteiger partial charge in [0.2, 0.25) is 17.7 Å². The lowest BCUT2D eigenvalue weighted by Gasteiger charge is -2.61. The number of piperidine rings is 1. The van der Waals surface area contributed by atoms with Gasteiger partial charge >= 0.3 is 7.12 Å². The Morgan fingerprint density at radius 3 is 2.31 bits per heavy atom. The van der Waals surface area contributed by atoms with Gasteiger partial charge in [-0.2, -0.15) is 0 Å². The average Bonchev–Trinajstić information content (AvgIpc) is 3.43. The second-order valence-electron chi connectivity index (χ2n) is 16.9. The van der Waals surface area contributed by atoms with Crippen molar-refractivity contribution in [1.29, 1.82) is 0 Å². The normalized spacial score (nSPS) is 27.1. The number of likely N-dealkylation sites (tertiary alicyclic amines) is 1. The Morgan fingerprint density at radius 1 is 0.944 bits per heavy atom. The van der Waals surface area contributed by atoms with Crippen LogP contribution in [-0.2, 0) is 23.6 Å². The van der Waals surface area contributed by atoms with E-state index in [4.69, 9.17) is 18.8 Å². The van der Waals surface area contributed by atoms with Crippen LogP contribution in [0.15, 0.2) is 36.5 Å². The maximum atomic E-state index is 14.9. The van der Waals surface area contributed by atoms with Gasteiger partial charge in [0.25, 0.3) is 17.7 Å². The van der Waals surface area contributed by atoms with Crippen LogP contribution in [0.4, 0.5) is 14.5 Å². The van der Waals surface area contributed by atoms with E-state index in [9.17, 15) is 28.0 Å². The minimum absolute atomic E-state index is 0.0157. The van der Waals surface area contributed by atoms with Crippen molar-refractivity contribution in [2.75, 3.05) is 44.2 Å². The number of ether oxygens (including phenoxy) is 2. The third kappa shape index (κ3) is 6.90. The molecule has 1 aromatic heterocycles. The van der Waals surface area contributed by atoms with Gasteiger partial charge in [-0.05, 0) is 64.8 Å². The van der Waals surface area contributed by atoms with Crippen molar-refractivity contribution in [2.45, 2.75) is 102 Å². The fraction of sp³-hybridized carbons (Fsp3) is 0.605. The van der Waals surface area contributed by atoms with E-state index < -0.39 is 53.9 Å². The number of carbonyl (C=O) groups excluding carboxylic acids is 4. The molecule has 4 amide bonds. The molecule has 4 saturated heterocycles. The van der Waals surface area contributed by atoms with Crippen LogP contribution in [0, 0.1) is 5.41 Å². The van der Waals surface area contributed by atoms with Crippen molar-refractivity contribution in [2.24, 2.45) is 5.41 Å². The molecule has 0 radical (unpaired) electrons. The lowest BCUT2D eigenvalue weighted by atomic mass is 9.72. The van der Waals surface area contributed by atoms with Crippen LogP contribution in [0.2, 0.25) is 0 Å². The van der Waals surface area contributed by atoms with E-state index in [0.29, 0.717) is 44.9 Å². The number of alkyl halides is 2. The van der Waals surface area contributed by atoms with Crippen LogP contribution in [-0.4, -0.2) is 120 Å². The highest BCUT2D eigenvalue weighted by atomic mass is 19.3. The number of imide groups is 2. The predicted molar refractivity (Wildman–Crippen MR) is 192 cm³/mol. The zero-order chi connectivity index (χ0) is 38.2. The largest absolute Gasteiger partial charge is 0.496 e. The molecular formula is C38H46BF2N5O8. The number of fused-ring (bicyclic) bond motifs is 1.